The molecular weight excluding hydrogens is 438 g/mol. The van der Waals surface area contributed by atoms with Gasteiger partial charge in [0.25, 0.3) is 5.91 Å². The summed E-state index contributed by atoms with van der Waals surface area (Å²) in [5.74, 6) is 0.485. The molecule has 0 radical (unpaired) electrons. The van der Waals surface area contributed by atoms with Crippen molar-refractivity contribution in [3.05, 3.63) is 58.9 Å². The van der Waals surface area contributed by atoms with Crippen LogP contribution in [0.1, 0.15) is 78.7 Å². The quantitative estimate of drug-likeness (QED) is 0.571. The molecule has 1 aromatic heterocycles. The highest BCUT2D eigenvalue weighted by Gasteiger charge is 2.39. The molecule has 2 atom stereocenters. The van der Waals surface area contributed by atoms with Crippen molar-refractivity contribution in [1.29, 1.82) is 0 Å². The lowest BCUT2D eigenvalue weighted by Gasteiger charge is -2.43. The van der Waals surface area contributed by atoms with Crippen molar-refractivity contribution < 1.29 is 14.3 Å². The second kappa shape index (κ2) is 10.6. The van der Waals surface area contributed by atoms with Gasteiger partial charge in [0.15, 0.2) is 0 Å². The van der Waals surface area contributed by atoms with Gasteiger partial charge < -0.3 is 15.0 Å². The Hall–Kier alpha value is -2.60. The summed E-state index contributed by atoms with van der Waals surface area (Å²) in [4.78, 5) is 32.3. The Bertz CT molecular complexity index is 991. The number of methoxy groups -OCH3 is 1. The van der Waals surface area contributed by atoms with Gasteiger partial charge in [-0.25, -0.2) is 0 Å². The minimum absolute atomic E-state index is 0.0317. The van der Waals surface area contributed by atoms with Crippen LogP contribution in [0.4, 0.5) is 0 Å². The minimum Gasteiger partial charge on any atom is -0.495 e. The van der Waals surface area contributed by atoms with Crippen LogP contribution < -0.4 is 10.1 Å². The molecule has 4 rings (SSSR count). The number of pyridine rings is 1. The lowest BCUT2D eigenvalue weighted by atomic mass is 9.85. The number of nitrogens with zero attached hydrogens (tertiary/aromatic N) is 2. The van der Waals surface area contributed by atoms with Crippen molar-refractivity contribution in [2.45, 2.75) is 70.0 Å². The lowest BCUT2D eigenvalue weighted by Crippen LogP contribution is -2.48. The zero-order valence-corrected chi connectivity index (χ0v) is 20.1. The molecule has 0 spiro atoms. The maximum Gasteiger partial charge on any atom is 0.251 e. The number of nitrogens with one attached hydrogen (secondary N) is 1. The fraction of sp³-hybridized carbons (Fsp3) is 0.500. The fourth-order valence-corrected chi connectivity index (χ4v) is 4.91. The summed E-state index contributed by atoms with van der Waals surface area (Å²) in [6, 6.07) is 9.55. The third kappa shape index (κ3) is 5.01. The number of hydrogen-bond donors (Lipinski definition) is 1. The molecule has 176 valence electrons. The van der Waals surface area contributed by atoms with Gasteiger partial charge in [0.05, 0.1) is 25.0 Å². The molecule has 6 nitrogen and oxygen atoms in total. The van der Waals surface area contributed by atoms with E-state index in [0.29, 0.717) is 11.3 Å². The molecule has 2 aromatic rings. The summed E-state index contributed by atoms with van der Waals surface area (Å²) in [6.45, 7) is 2.15. The molecule has 2 heterocycles. The molecule has 1 aromatic carbocycles. The van der Waals surface area contributed by atoms with Crippen LogP contribution in [0.25, 0.3) is 0 Å². The predicted octanol–water partition coefficient (Wildman–Crippen LogP) is 4.64. The van der Waals surface area contributed by atoms with Crippen LogP contribution in [0.2, 0.25) is 0 Å². The van der Waals surface area contributed by atoms with Crippen LogP contribution in [0.15, 0.2) is 36.5 Å². The molecule has 2 aliphatic rings. The van der Waals surface area contributed by atoms with E-state index in [1.54, 1.807) is 13.3 Å². The Kier molecular flexibility index (Phi) is 7.53. The van der Waals surface area contributed by atoms with Crippen molar-refractivity contribution >= 4 is 23.4 Å². The maximum absolute atomic E-state index is 13.1. The highest BCUT2D eigenvalue weighted by Crippen LogP contribution is 2.39. The number of alkyl halides is 1. The molecule has 0 saturated heterocycles. The second-order valence-corrected chi connectivity index (χ2v) is 9.25. The van der Waals surface area contributed by atoms with E-state index in [1.165, 1.54) is 6.42 Å². The topological polar surface area (TPSA) is 71.5 Å². The van der Waals surface area contributed by atoms with E-state index >= 15 is 0 Å². The van der Waals surface area contributed by atoms with Gasteiger partial charge in [-0.1, -0.05) is 31.9 Å². The Morgan fingerprint density at radius 2 is 2.00 bits per heavy atom. The highest BCUT2D eigenvalue weighted by atomic mass is 35.5. The molecule has 1 N–H and O–H groups in total. The Morgan fingerprint density at radius 1 is 1.24 bits per heavy atom. The molecule has 1 aliphatic carbocycles. The number of rotatable bonds is 8. The van der Waals surface area contributed by atoms with Crippen molar-refractivity contribution in [2.24, 2.45) is 0 Å². The predicted molar refractivity (Wildman–Crippen MR) is 129 cm³/mol. The molecule has 33 heavy (non-hydrogen) atoms. The molecule has 2 amide bonds. The standard InChI is InChI=1S/C26H32ClN3O3/c1-3-4-8-21-13-19-14-22(33-2)16-28-24(19)25(30(21)23(31)15-27)17-9-11-18(12-10-17)26(32)29-20-6-5-7-20/h9-12,14,16,20-21,25H,3-8,13,15H2,1-2H3,(H,29,32)/t21-,25-/m0/s1. The molecule has 7 heteroatoms. The molecule has 0 unspecified atom stereocenters. The van der Waals surface area contributed by atoms with Gasteiger partial charge in [-0.3, -0.25) is 14.6 Å². The summed E-state index contributed by atoms with van der Waals surface area (Å²) < 4.78 is 5.41. The highest BCUT2D eigenvalue weighted by molar-refractivity contribution is 6.27. The normalized spacial score (nSPS) is 20.0. The molecule has 1 saturated carbocycles. The first-order valence-corrected chi connectivity index (χ1v) is 12.4. The zero-order chi connectivity index (χ0) is 23.4. The number of hydrogen-bond acceptors (Lipinski definition) is 4. The van der Waals surface area contributed by atoms with Crippen molar-refractivity contribution in [2.75, 3.05) is 13.0 Å². The van der Waals surface area contributed by atoms with Crippen molar-refractivity contribution in [1.82, 2.24) is 15.2 Å². The van der Waals surface area contributed by atoms with Gasteiger partial charge in [0, 0.05) is 17.6 Å². The van der Waals surface area contributed by atoms with Gasteiger partial charge in [0.1, 0.15) is 11.6 Å². The van der Waals surface area contributed by atoms with E-state index in [4.69, 9.17) is 21.3 Å². The Labute approximate surface area is 200 Å². The van der Waals surface area contributed by atoms with Gasteiger partial charge >= 0.3 is 0 Å². The van der Waals surface area contributed by atoms with E-state index < -0.39 is 0 Å². The van der Waals surface area contributed by atoms with Crippen LogP contribution >= 0.6 is 11.6 Å². The third-order valence-electron chi connectivity index (χ3n) is 6.82. The van der Waals surface area contributed by atoms with Crippen LogP contribution in [-0.2, 0) is 11.2 Å². The number of halogens is 1. The summed E-state index contributed by atoms with van der Waals surface area (Å²) in [5, 5.41) is 3.08. The maximum atomic E-state index is 13.1. The van der Waals surface area contributed by atoms with Gasteiger partial charge in [-0.2, -0.15) is 0 Å². The first-order valence-electron chi connectivity index (χ1n) is 11.9. The number of carbonyl (C=O) groups is 2. The Morgan fingerprint density at radius 3 is 2.61 bits per heavy atom. The summed E-state index contributed by atoms with van der Waals surface area (Å²) in [5.41, 5.74) is 3.48. The number of unbranched alkanes of at least 4 members (excludes halogenated alkanes) is 1. The zero-order valence-electron chi connectivity index (χ0n) is 19.4. The first kappa shape index (κ1) is 23.6. The number of fused-ring (bicyclic) bond motifs is 1. The van der Waals surface area contributed by atoms with Crippen LogP contribution in [0, 0.1) is 0 Å². The van der Waals surface area contributed by atoms with E-state index in [0.717, 1.165) is 55.3 Å². The third-order valence-corrected chi connectivity index (χ3v) is 7.05. The minimum atomic E-state index is -0.350. The number of carbonyl (C=O) groups excluding carboxylic acids is 2. The summed E-state index contributed by atoms with van der Waals surface area (Å²) in [7, 11) is 1.63. The second-order valence-electron chi connectivity index (χ2n) is 8.98. The molecule has 1 fully saturated rings. The number of benzene rings is 1. The first-order chi connectivity index (χ1) is 16.0. The smallest absolute Gasteiger partial charge is 0.251 e. The molecule has 1 aliphatic heterocycles. The Balaban J connectivity index is 1.70. The van der Waals surface area contributed by atoms with Crippen LogP contribution in [0.5, 0.6) is 5.75 Å². The van der Waals surface area contributed by atoms with E-state index in [-0.39, 0.29) is 35.8 Å². The number of ether oxygens (including phenoxy) is 1. The van der Waals surface area contributed by atoms with E-state index in [9.17, 15) is 9.59 Å². The largest absolute Gasteiger partial charge is 0.495 e. The van der Waals surface area contributed by atoms with Crippen molar-refractivity contribution in [3.63, 3.8) is 0 Å². The summed E-state index contributed by atoms with van der Waals surface area (Å²) in [6.07, 6.45) is 8.66. The SMILES string of the molecule is CCCC[C@H]1Cc2cc(OC)cnc2[C@H](c2ccc(C(=O)NC3CCC3)cc2)N1C(=O)CCl. The van der Waals surface area contributed by atoms with Crippen LogP contribution in [-0.4, -0.2) is 46.8 Å². The molecule has 0 bridgehead atoms. The van der Waals surface area contributed by atoms with Gasteiger partial charge in [-0.15, -0.1) is 11.6 Å². The lowest BCUT2D eigenvalue weighted by molar-refractivity contribution is -0.133. The average Bonchev–Trinajstić information content (AvgIpc) is 2.83. The van der Waals surface area contributed by atoms with Gasteiger partial charge in [0.2, 0.25) is 5.91 Å². The van der Waals surface area contributed by atoms with Crippen LogP contribution in [0.3, 0.4) is 0 Å². The number of amides is 2. The van der Waals surface area contributed by atoms with E-state index in [1.807, 2.05) is 35.2 Å². The fourth-order valence-electron chi connectivity index (χ4n) is 4.77. The number of aromatic nitrogens is 1. The van der Waals surface area contributed by atoms with Gasteiger partial charge in [-0.05, 0) is 61.4 Å². The monoisotopic (exact) mass is 469 g/mol. The van der Waals surface area contributed by atoms with Crippen molar-refractivity contribution in [3.8, 4) is 5.75 Å². The average molecular weight is 470 g/mol. The summed E-state index contributed by atoms with van der Waals surface area (Å²) >= 11 is 6.06. The molecular formula is C26H32ClN3O3. The van der Waals surface area contributed by atoms with E-state index in [2.05, 4.69) is 12.2 Å².